The molecule has 2 fully saturated rings. The summed E-state index contributed by atoms with van der Waals surface area (Å²) in [6.45, 7) is 5.43. The van der Waals surface area contributed by atoms with Crippen LogP contribution in [-0.2, 0) is 14.4 Å². The number of nitrogens with zero attached hydrogens (tertiary/aromatic N) is 5. The number of pyridine rings is 2. The van der Waals surface area contributed by atoms with Crippen LogP contribution in [0.4, 0.5) is 19.0 Å². The molecule has 14 heteroatoms. The lowest BCUT2D eigenvalue weighted by Gasteiger charge is -2.37. The lowest BCUT2D eigenvalue weighted by atomic mass is 9.86. The molecule has 5 heterocycles. The summed E-state index contributed by atoms with van der Waals surface area (Å²) in [6.07, 6.45) is 7.49. The maximum atomic E-state index is 15.3. The molecule has 2 saturated heterocycles. The van der Waals surface area contributed by atoms with Crippen molar-refractivity contribution >= 4 is 40.7 Å². The number of anilines is 1. The SMILES string of the molecule is CNC(=O)C(CCC=O)c1ccc(C2CCN(CC(=O)N3CCN(c4ccc(-c5cnc6[nH]cc(C(=O)c7c(F)ccc(C)c7F)c6c5)cn4)CC3)CC2)c(F)c1. The van der Waals surface area contributed by atoms with E-state index >= 15 is 4.39 Å². The van der Waals surface area contributed by atoms with Gasteiger partial charge >= 0.3 is 0 Å². The fourth-order valence-corrected chi connectivity index (χ4v) is 7.92. The second-order valence-corrected chi connectivity index (χ2v) is 14.7. The molecular weight excluding hydrogens is 736 g/mol. The van der Waals surface area contributed by atoms with Gasteiger partial charge in [-0.2, -0.15) is 0 Å². The number of piperidine rings is 1. The summed E-state index contributed by atoms with van der Waals surface area (Å²) < 4.78 is 44.7. The summed E-state index contributed by atoms with van der Waals surface area (Å²) in [7, 11) is 1.53. The standard InChI is InChI=1S/C43H44F3N7O4/c1-26-5-9-35(44)39(40(26)46)41(56)34-24-50-42-33(34)20-30(23-49-42)29-7-10-37(48-22-29)52-15-17-53(18-16-52)38(55)25-51-13-11-27(12-14-51)31-8-6-28(21-36(31)45)32(4-3-19-54)43(57)47-2/h5-10,19-24,27,32H,3-4,11-18,25H2,1-2H3,(H,47,57)(H,49,50). The lowest BCUT2D eigenvalue weighted by molar-refractivity contribution is -0.133. The average Bonchev–Trinajstić information content (AvgIpc) is 3.66. The van der Waals surface area contributed by atoms with Crippen molar-refractivity contribution in [1.29, 1.82) is 0 Å². The van der Waals surface area contributed by atoms with Gasteiger partial charge in [-0.1, -0.05) is 18.2 Å². The summed E-state index contributed by atoms with van der Waals surface area (Å²) >= 11 is 0. The second kappa shape index (κ2) is 17.1. The fraction of sp³-hybridized carbons (Fsp3) is 0.349. The first-order valence-corrected chi connectivity index (χ1v) is 19.2. The first-order valence-electron chi connectivity index (χ1n) is 19.2. The minimum atomic E-state index is -0.926. The minimum absolute atomic E-state index is 0.0108. The molecule has 2 aromatic carbocycles. The Hall–Kier alpha value is -5.89. The number of ketones is 1. The zero-order valence-corrected chi connectivity index (χ0v) is 31.9. The van der Waals surface area contributed by atoms with Crippen LogP contribution in [0.5, 0.6) is 0 Å². The zero-order valence-electron chi connectivity index (χ0n) is 31.9. The summed E-state index contributed by atoms with van der Waals surface area (Å²) in [4.78, 5) is 68.0. The molecule has 0 aliphatic carbocycles. The van der Waals surface area contributed by atoms with E-state index in [2.05, 4.69) is 30.1 Å². The van der Waals surface area contributed by atoms with Crippen LogP contribution >= 0.6 is 0 Å². The van der Waals surface area contributed by atoms with Gasteiger partial charge in [0.1, 0.15) is 35.2 Å². The smallest absolute Gasteiger partial charge is 0.236 e. The van der Waals surface area contributed by atoms with E-state index in [0.29, 0.717) is 92.8 Å². The number of likely N-dealkylation sites (tertiary alicyclic amines) is 1. The maximum absolute atomic E-state index is 15.3. The van der Waals surface area contributed by atoms with E-state index in [-0.39, 0.29) is 41.1 Å². The summed E-state index contributed by atoms with van der Waals surface area (Å²) in [5.41, 5.74) is 2.70. The Balaban J connectivity index is 0.912. The van der Waals surface area contributed by atoms with Crippen molar-refractivity contribution in [3.05, 3.63) is 112 Å². The number of likely N-dealkylation sites (N-methyl/N-ethyl adjacent to an activating group) is 1. The van der Waals surface area contributed by atoms with E-state index in [1.807, 2.05) is 17.0 Å². The number of aromatic nitrogens is 3. The molecule has 2 aliphatic heterocycles. The van der Waals surface area contributed by atoms with Crippen molar-refractivity contribution in [2.75, 3.05) is 57.8 Å². The second-order valence-electron chi connectivity index (χ2n) is 14.7. The van der Waals surface area contributed by atoms with E-state index in [4.69, 9.17) is 0 Å². The Kier molecular flexibility index (Phi) is 11.8. The van der Waals surface area contributed by atoms with Gasteiger partial charge in [-0.15, -0.1) is 0 Å². The number of hydrogen-bond acceptors (Lipinski definition) is 8. The molecule has 2 N–H and O–H groups in total. The number of aldehydes is 1. The molecule has 3 aromatic heterocycles. The van der Waals surface area contributed by atoms with Crippen molar-refractivity contribution in [3.8, 4) is 11.1 Å². The molecule has 2 amide bonds. The number of fused-ring (bicyclic) bond motifs is 1. The average molecular weight is 780 g/mol. The Morgan fingerprint density at radius 1 is 0.912 bits per heavy atom. The molecular formula is C43H44F3N7O4. The number of aromatic amines is 1. The summed E-state index contributed by atoms with van der Waals surface area (Å²) in [5.74, 6) is -2.94. The summed E-state index contributed by atoms with van der Waals surface area (Å²) in [5, 5.41) is 3.04. The quantitative estimate of drug-likeness (QED) is 0.118. The number of H-pyrrole nitrogens is 1. The number of carbonyl (C=O) groups excluding carboxylic acids is 4. The monoisotopic (exact) mass is 779 g/mol. The van der Waals surface area contributed by atoms with Crippen LogP contribution in [0.25, 0.3) is 22.2 Å². The minimum Gasteiger partial charge on any atom is -0.359 e. The van der Waals surface area contributed by atoms with Gasteiger partial charge in [0.25, 0.3) is 0 Å². The Morgan fingerprint density at radius 3 is 2.35 bits per heavy atom. The van der Waals surface area contributed by atoms with E-state index < -0.39 is 28.9 Å². The third-order valence-corrected chi connectivity index (χ3v) is 11.3. The number of hydrogen-bond donors (Lipinski definition) is 2. The number of rotatable bonds is 12. The molecule has 1 unspecified atom stereocenters. The van der Waals surface area contributed by atoms with E-state index in [9.17, 15) is 28.0 Å². The maximum Gasteiger partial charge on any atom is 0.236 e. The van der Waals surface area contributed by atoms with Crippen LogP contribution in [-0.4, -0.2) is 101 Å². The molecule has 0 bridgehead atoms. The number of halogens is 3. The molecule has 57 heavy (non-hydrogen) atoms. The van der Waals surface area contributed by atoms with Gasteiger partial charge in [-0.25, -0.2) is 23.1 Å². The van der Waals surface area contributed by atoms with Gasteiger partial charge in [0, 0.05) is 80.3 Å². The van der Waals surface area contributed by atoms with Gasteiger partial charge < -0.3 is 24.9 Å². The van der Waals surface area contributed by atoms with Gasteiger partial charge in [0.2, 0.25) is 17.6 Å². The highest BCUT2D eigenvalue weighted by Crippen LogP contribution is 2.33. The molecule has 11 nitrogen and oxygen atoms in total. The van der Waals surface area contributed by atoms with Crippen LogP contribution in [0.1, 0.15) is 70.1 Å². The molecule has 7 rings (SSSR count). The molecule has 0 saturated carbocycles. The Morgan fingerprint density at radius 2 is 1.67 bits per heavy atom. The Labute approximate surface area is 328 Å². The van der Waals surface area contributed by atoms with Crippen molar-refractivity contribution in [2.24, 2.45) is 0 Å². The third kappa shape index (κ3) is 8.31. The highest BCUT2D eigenvalue weighted by molar-refractivity contribution is 6.16. The third-order valence-electron chi connectivity index (χ3n) is 11.3. The van der Waals surface area contributed by atoms with Crippen molar-refractivity contribution in [3.63, 3.8) is 0 Å². The largest absolute Gasteiger partial charge is 0.359 e. The van der Waals surface area contributed by atoms with E-state index in [1.165, 1.54) is 32.3 Å². The zero-order chi connectivity index (χ0) is 40.2. The predicted molar refractivity (Wildman–Crippen MR) is 210 cm³/mol. The van der Waals surface area contributed by atoms with Gasteiger partial charge in [-0.3, -0.25) is 19.3 Å². The molecule has 0 spiro atoms. The van der Waals surface area contributed by atoms with Crippen LogP contribution < -0.4 is 10.2 Å². The van der Waals surface area contributed by atoms with Crippen LogP contribution in [0, 0.1) is 24.4 Å². The first kappa shape index (κ1) is 39.3. The summed E-state index contributed by atoms with van der Waals surface area (Å²) in [6, 6.07) is 12.9. The molecule has 296 valence electrons. The van der Waals surface area contributed by atoms with Gasteiger partial charge in [0.15, 0.2) is 0 Å². The first-order chi connectivity index (χ1) is 27.6. The number of nitrogens with one attached hydrogen (secondary N) is 2. The van der Waals surface area contributed by atoms with Gasteiger partial charge in [-0.05, 0) is 92.2 Å². The number of aryl methyl sites for hydroxylation is 1. The highest BCUT2D eigenvalue weighted by Gasteiger charge is 2.29. The van der Waals surface area contributed by atoms with Crippen LogP contribution in [0.15, 0.2) is 67.1 Å². The Bertz CT molecular complexity index is 2300. The fourth-order valence-electron chi connectivity index (χ4n) is 7.92. The molecule has 2 aliphatic rings. The molecule has 0 radical (unpaired) electrons. The number of amides is 2. The van der Waals surface area contributed by atoms with E-state index in [0.717, 1.165) is 23.7 Å². The van der Waals surface area contributed by atoms with Gasteiger partial charge in [0.05, 0.1) is 18.0 Å². The van der Waals surface area contributed by atoms with E-state index in [1.54, 1.807) is 30.6 Å². The number of benzene rings is 2. The van der Waals surface area contributed by atoms with Crippen LogP contribution in [0.3, 0.4) is 0 Å². The number of carbonyl (C=O) groups is 4. The molecule has 1 atom stereocenters. The molecule has 5 aromatic rings. The van der Waals surface area contributed by atoms with Crippen molar-refractivity contribution in [1.82, 2.24) is 30.1 Å². The van der Waals surface area contributed by atoms with Crippen LogP contribution in [0.2, 0.25) is 0 Å². The van der Waals surface area contributed by atoms with Crippen molar-refractivity contribution < 1.29 is 32.3 Å². The normalized spacial score (nSPS) is 15.8. The predicted octanol–water partition coefficient (Wildman–Crippen LogP) is 5.92. The lowest BCUT2D eigenvalue weighted by Crippen LogP contribution is -2.52. The highest BCUT2D eigenvalue weighted by atomic mass is 19.1. The topological polar surface area (TPSA) is 132 Å². The van der Waals surface area contributed by atoms with Crippen molar-refractivity contribution in [2.45, 2.75) is 44.4 Å². The number of piperazine rings is 1.